The fourth-order valence-electron chi connectivity index (χ4n) is 2.87. The molecule has 1 aromatic carbocycles. The summed E-state index contributed by atoms with van der Waals surface area (Å²) >= 11 is 1.40. The van der Waals surface area contributed by atoms with Gasteiger partial charge < -0.3 is 10.1 Å². The van der Waals surface area contributed by atoms with Crippen molar-refractivity contribution < 1.29 is 9.53 Å². The molecule has 7 nitrogen and oxygen atoms in total. The molecule has 0 bridgehead atoms. The van der Waals surface area contributed by atoms with Crippen LogP contribution < -0.4 is 10.1 Å². The Morgan fingerprint density at radius 3 is 2.52 bits per heavy atom. The first kappa shape index (κ1) is 18.8. The number of aryl methyl sites for hydroxylation is 3. The number of benzene rings is 1. The first-order valence-electron chi connectivity index (χ1n) is 9.00. The van der Waals surface area contributed by atoms with Crippen LogP contribution in [0.25, 0.3) is 5.82 Å². The first-order valence-corrected chi connectivity index (χ1v) is 9.88. The maximum absolute atomic E-state index is 12.1. The Hall–Kier alpha value is -3.52. The zero-order valence-electron chi connectivity index (χ0n) is 16.2. The molecule has 0 spiro atoms. The second-order valence-electron chi connectivity index (χ2n) is 6.51. The summed E-state index contributed by atoms with van der Waals surface area (Å²) in [6, 6.07) is 14.5. The van der Waals surface area contributed by atoms with E-state index in [4.69, 9.17) is 4.74 Å². The third-order valence-corrected chi connectivity index (χ3v) is 4.98. The number of hydrogen-bond acceptors (Lipinski definition) is 6. The summed E-state index contributed by atoms with van der Waals surface area (Å²) in [5.74, 6) is 2.14. The Labute approximate surface area is 172 Å². The van der Waals surface area contributed by atoms with Crippen LogP contribution in [0, 0.1) is 20.8 Å². The molecule has 3 aromatic heterocycles. The standard InChI is InChI=1S/C21H19N5O2S/c1-13-11-14(2)26(25-13)19-12-20(23-15(3)22-19)28-17-8-6-16(7-9-17)24-21(27)18-5-4-10-29-18/h4-12H,1-3H3,(H,24,27). The maximum atomic E-state index is 12.1. The number of hydrogen-bond donors (Lipinski definition) is 1. The molecule has 0 saturated heterocycles. The van der Waals surface area contributed by atoms with Gasteiger partial charge in [0.05, 0.1) is 10.6 Å². The van der Waals surface area contributed by atoms with Crippen molar-refractivity contribution >= 4 is 22.9 Å². The van der Waals surface area contributed by atoms with Gasteiger partial charge in [0.15, 0.2) is 5.82 Å². The Morgan fingerprint density at radius 1 is 1.07 bits per heavy atom. The van der Waals surface area contributed by atoms with E-state index in [1.807, 2.05) is 38.3 Å². The first-order chi connectivity index (χ1) is 14.0. The summed E-state index contributed by atoms with van der Waals surface area (Å²) in [6.45, 7) is 5.72. The van der Waals surface area contributed by atoms with Gasteiger partial charge in [-0.3, -0.25) is 4.79 Å². The third-order valence-electron chi connectivity index (χ3n) is 4.11. The molecule has 0 fully saturated rings. The quantitative estimate of drug-likeness (QED) is 0.521. The van der Waals surface area contributed by atoms with Gasteiger partial charge in [0.1, 0.15) is 11.6 Å². The number of anilines is 1. The number of ether oxygens (including phenoxy) is 1. The molecule has 0 saturated carbocycles. The Balaban J connectivity index is 1.50. The van der Waals surface area contributed by atoms with Crippen LogP contribution in [0.5, 0.6) is 11.6 Å². The molecule has 1 N–H and O–H groups in total. The summed E-state index contributed by atoms with van der Waals surface area (Å²) < 4.78 is 7.66. The van der Waals surface area contributed by atoms with Crippen LogP contribution in [0.3, 0.4) is 0 Å². The SMILES string of the molecule is Cc1cc(C)n(-c2cc(Oc3ccc(NC(=O)c4cccs4)cc3)nc(C)n2)n1. The lowest BCUT2D eigenvalue weighted by molar-refractivity contribution is 0.103. The van der Waals surface area contributed by atoms with Crippen molar-refractivity contribution in [3.8, 4) is 17.4 Å². The number of carbonyl (C=O) groups is 1. The third kappa shape index (κ3) is 4.33. The smallest absolute Gasteiger partial charge is 0.265 e. The lowest BCUT2D eigenvalue weighted by atomic mass is 10.3. The van der Waals surface area contributed by atoms with Gasteiger partial charge in [0, 0.05) is 17.4 Å². The van der Waals surface area contributed by atoms with Crippen LogP contribution in [-0.4, -0.2) is 25.7 Å². The van der Waals surface area contributed by atoms with E-state index in [2.05, 4.69) is 20.4 Å². The lowest BCUT2D eigenvalue weighted by Crippen LogP contribution is -2.09. The average molecular weight is 405 g/mol. The molecule has 0 unspecified atom stereocenters. The Kier molecular flexibility index (Phi) is 5.09. The Bertz CT molecular complexity index is 1150. The van der Waals surface area contributed by atoms with Crippen molar-refractivity contribution in [2.24, 2.45) is 0 Å². The molecule has 3 heterocycles. The molecule has 0 radical (unpaired) electrons. The van der Waals surface area contributed by atoms with Crippen molar-refractivity contribution in [3.05, 3.63) is 76.0 Å². The van der Waals surface area contributed by atoms with Crippen LogP contribution in [0.1, 0.15) is 26.9 Å². The number of carbonyl (C=O) groups excluding carboxylic acids is 1. The van der Waals surface area contributed by atoms with Crippen LogP contribution in [0.2, 0.25) is 0 Å². The van der Waals surface area contributed by atoms with E-state index in [0.717, 1.165) is 11.4 Å². The number of aromatic nitrogens is 4. The largest absolute Gasteiger partial charge is 0.439 e. The number of nitrogens with one attached hydrogen (secondary N) is 1. The fourth-order valence-corrected chi connectivity index (χ4v) is 3.49. The van der Waals surface area contributed by atoms with Gasteiger partial charge in [-0.1, -0.05) is 6.07 Å². The molecular weight excluding hydrogens is 386 g/mol. The average Bonchev–Trinajstić information content (AvgIpc) is 3.32. The molecule has 0 aliphatic rings. The van der Waals surface area contributed by atoms with Crippen molar-refractivity contribution in [1.29, 1.82) is 0 Å². The van der Waals surface area contributed by atoms with Gasteiger partial charge in [-0.2, -0.15) is 10.1 Å². The van der Waals surface area contributed by atoms with Crippen molar-refractivity contribution in [2.45, 2.75) is 20.8 Å². The van der Waals surface area contributed by atoms with Gasteiger partial charge in [-0.05, 0) is 62.5 Å². The lowest BCUT2D eigenvalue weighted by Gasteiger charge is -2.10. The van der Waals surface area contributed by atoms with Gasteiger partial charge in [-0.15, -0.1) is 11.3 Å². The molecule has 0 aliphatic heterocycles. The minimum Gasteiger partial charge on any atom is -0.439 e. The number of nitrogens with zero attached hydrogens (tertiary/aromatic N) is 4. The second kappa shape index (κ2) is 7.84. The minimum atomic E-state index is -0.130. The van der Waals surface area contributed by atoms with E-state index in [1.165, 1.54) is 11.3 Å². The molecule has 146 valence electrons. The van der Waals surface area contributed by atoms with Crippen molar-refractivity contribution in [2.75, 3.05) is 5.32 Å². The van der Waals surface area contributed by atoms with Crippen molar-refractivity contribution in [3.63, 3.8) is 0 Å². The molecule has 0 atom stereocenters. The summed E-state index contributed by atoms with van der Waals surface area (Å²) in [7, 11) is 0. The predicted molar refractivity (Wildman–Crippen MR) is 112 cm³/mol. The highest BCUT2D eigenvalue weighted by Gasteiger charge is 2.11. The zero-order valence-corrected chi connectivity index (χ0v) is 17.0. The van der Waals surface area contributed by atoms with Crippen LogP contribution in [0.15, 0.2) is 53.9 Å². The summed E-state index contributed by atoms with van der Waals surface area (Å²) in [5, 5.41) is 9.19. The van der Waals surface area contributed by atoms with Crippen molar-refractivity contribution in [1.82, 2.24) is 19.7 Å². The van der Waals surface area contributed by atoms with Crippen LogP contribution >= 0.6 is 11.3 Å². The van der Waals surface area contributed by atoms with Gasteiger partial charge in [-0.25, -0.2) is 9.67 Å². The minimum absolute atomic E-state index is 0.130. The van der Waals surface area contributed by atoms with E-state index in [1.54, 1.807) is 41.1 Å². The van der Waals surface area contributed by atoms with Crippen LogP contribution in [0.4, 0.5) is 5.69 Å². The number of amides is 1. The monoisotopic (exact) mass is 405 g/mol. The maximum Gasteiger partial charge on any atom is 0.265 e. The summed E-state index contributed by atoms with van der Waals surface area (Å²) in [4.78, 5) is 21.6. The fraction of sp³-hybridized carbons (Fsp3) is 0.143. The predicted octanol–water partition coefficient (Wildman–Crippen LogP) is 4.69. The molecule has 4 aromatic rings. The van der Waals surface area contributed by atoms with E-state index in [9.17, 15) is 4.79 Å². The van der Waals surface area contributed by atoms with E-state index in [-0.39, 0.29) is 5.91 Å². The van der Waals surface area contributed by atoms with Gasteiger partial charge in [0.25, 0.3) is 5.91 Å². The highest BCUT2D eigenvalue weighted by atomic mass is 32.1. The molecule has 4 rings (SSSR count). The van der Waals surface area contributed by atoms with Gasteiger partial charge in [0.2, 0.25) is 5.88 Å². The summed E-state index contributed by atoms with van der Waals surface area (Å²) in [6.07, 6.45) is 0. The van der Waals surface area contributed by atoms with E-state index >= 15 is 0 Å². The molecule has 8 heteroatoms. The Morgan fingerprint density at radius 2 is 1.86 bits per heavy atom. The molecule has 0 aliphatic carbocycles. The number of thiophene rings is 1. The zero-order chi connectivity index (χ0) is 20.4. The normalized spacial score (nSPS) is 10.7. The molecule has 1 amide bonds. The second-order valence-corrected chi connectivity index (χ2v) is 7.46. The van der Waals surface area contributed by atoms with Gasteiger partial charge >= 0.3 is 0 Å². The molecule has 29 heavy (non-hydrogen) atoms. The summed E-state index contributed by atoms with van der Waals surface area (Å²) in [5.41, 5.74) is 2.59. The van der Waals surface area contributed by atoms with Crippen LogP contribution in [-0.2, 0) is 0 Å². The topological polar surface area (TPSA) is 81.9 Å². The number of rotatable bonds is 5. The highest BCUT2D eigenvalue weighted by Crippen LogP contribution is 2.24. The van der Waals surface area contributed by atoms with E-state index < -0.39 is 0 Å². The highest BCUT2D eigenvalue weighted by molar-refractivity contribution is 7.12. The molecular formula is C21H19N5O2S. The van der Waals surface area contributed by atoms with E-state index in [0.29, 0.717) is 33.8 Å².